The maximum Gasteiger partial charge on any atom is 0.341 e. The van der Waals surface area contributed by atoms with Crippen LogP contribution in [0.1, 0.15) is 25.7 Å². The first-order chi connectivity index (χ1) is 9.07. The predicted molar refractivity (Wildman–Crippen MR) is 63.1 cm³/mol. The van der Waals surface area contributed by atoms with E-state index in [1.54, 1.807) is 12.1 Å². The maximum atomic E-state index is 12.0. The van der Waals surface area contributed by atoms with E-state index >= 15 is 0 Å². The van der Waals surface area contributed by atoms with E-state index in [1.807, 2.05) is 0 Å². The summed E-state index contributed by atoms with van der Waals surface area (Å²) in [5, 5.41) is 18.5. The molecule has 1 aliphatic rings. The number of esters is 2. The highest BCUT2D eigenvalue weighted by Crippen LogP contribution is 2.42. The molecule has 0 heterocycles. The van der Waals surface area contributed by atoms with Crippen molar-refractivity contribution in [2.24, 2.45) is 17.3 Å². The fourth-order valence-electron chi connectivity index (χ4n) is 2.68. The summed E-state index contributed by atoms with van der Waals surface area (Å²) in [7, 11) is 2.27. The second-order valence-electron chi connectivity index (χ2n) is 4.57. The van der Waals surface area contributed by atoms with Crippen molar-refractivity contribution in [3.63, 3.8) is 0 Å². The number of hydrogen-bond donors (Lipinski definition) is 0. The van der Waals surface area contributed by atoms with Crippen molar-refractivity contribution in [3.05, 3.63) is 0 Å². The standard InChI is InChI=1S/C13H16N2O4/c1-18-11(16)10(9-5-3-4-6-9)13(7-14,8-15)12(17)19-2/h9-10H,3-6H2,1-2H3. The number of ether oxygens (including phenoxy) is 2. The van der Waals surface area contributed by atoms with Gasteiger partial charge in [-0.1, -0.05) is 12.8 Å². The molecular weight excluding hydrogens is 248 g/mol. The van der Waals surface area contributed by atoms with Crippen molar-refractivity contribution in [2.45, 2.75) is 25.7 Å². The highest BCUT2D eigenvalue weighted by Gasteiger charge is 2.56. The van der Waals surface area contributed by atoms with Crippen LogP contribution in [0.4, 0.5) is 0 Å². The molecule has 19 heavy (non-hydrogen) atoms. The van der Waals surface area contributed by atoms with Crippen LogP contribution in [0, 0.1) is 39.9 Å². The molecule has 1 aliphatic carbocycles. The molecule has 102 valence electrons. The van der Waals surface area contributed by atoms with Gasteiger partial charge in [0, 0.05) is 0 Å². The zero-order valence-corrected chi connectivity index (χ0v) is 11.0. The van der Waals surface area contributed by atoms with Crippen molar-refractivity contribution >= 4 is 11.9 Å². The first-order valence-electron chi connectivity index (χ1n) is 6.06. The number of nitrogens with zero attached hydrogens (tertiary/aromatic N) is 2. The van der Waals surface area contributed by atoms with Crippen molar-refractivity contribution in [1.29, 1.82) is 10.5 Å². The molecular formula is C13H16N2O4. The summed E-state index contributed by atoms with van der Waals surface area (Å²) in [5.41, 5.74) is -2.13. The number of carbonyl (C=O) groups excluding carboxylic acids is 2. The molecule has 0 aromatic rings. The third-order valence-corrected chi connectivity index (χ3v) is 3.65. The molecule has 1 fully saturated rings. The Morgan fingerprint density at radius 2 is 1.68 bits per heavy atom. The smallest absolute Gasteiger partial charge is 0.341 e. The van der Waals surface area contributed by atoms with Crippen LogP contribution in [-0.4, -0.2) is 26.2 Å². The molecule has 0 radical (unpaired) electrons. The average molecular weight is 264 g/mol. The third kappa shape index (κ3) is 2.53. The van der Waals surface area contributed by atoms with E-state index in [0.717, 1.165) is 20.0 Å². The first-order valence-corrected chi connectivity index (χ1v) is 6.06. The van der Waals surface area contributed by atoms with Gasteiger partial charge in [0.2, 0.25) is 0 Å². The van der Waals surface area contributed by atoms with E-state index in [9.17, 15) is 20.1 Å². The fraction of sp³-hybridized carbons (Fsp3) is 0.692. The summed E-state index contributed by atoms with van der Waals surface area (Å²) in [5.74, 6) is -3.01. The molecule has 1 atom stereocenters. The summed E-state index contributed by atoms with van der Waals surface area (Å²) in [4.78, 5) is 23.8. The van der Waals surface area contributed by atoms with Gasteiger partial charge in [-0.05, 0) is 18.8 Å². The molecule has 0 amide bonds. The minimum Gasteiger partial charge on any atom is -0.469 e. The van der Waals surface area contributed by atoms with Gasteiger partial charge in [-0.15, -0.1) is 0 Å². The number of nitriles is 2. The van der Waals surface area contributed by atoms with Crippen molar-refractivity contribution in [2.75, 3.05) is 14.2 Å². The Balaban J connectivity index is 3.27. The summed E-state index contributed by atoms with van der Waals surface area (Å²) in [6, 6.07) is 3.34. The Morgan fingerprint density at radius 1 is 1.16 bits per heavy atom. The second-order valence-corrected chi connectivity index (χ2v) is 4.57. The minimum absolute atomic E-state index is 0.203. The van der Waals surface area contributed by atoms with Gasteiger partial charge in [-0.2, -0.15) is 10.5 Å². The zero-order valence-electron chi connectivity index (χ0n) is 11.0. The predicted octanol–water partition coefficient (Wildman–Crippen LogP) is 1.17. The lowest BCUT2D eigenvalue weighted by Crippen LogP contribution is -2.45. The molecule has 6 nitrogen and oxygen atoms in total. The van der Waals surface area contributed by atoms with Gasteiger partial charge in [0.15, 0.2) is 0 Å². The summed E-state index contributed by atoms with van der Waals surface area (Å²) in [6.45, 7) is 0. The Labute approximate surface area is 111 Å². The quantitative estimate of drug-likeness (QED) is 0.706. The highest BCUT2D eigenvalue weighted by atomic mass is 16.5. The second kappa shape index (κ2) is 6.19. The molecule has 0 spiro atoms. The van der Waals surface area contributed by atoms with Crippen LogP contribution in [0.3, 0.4) is 0 Å². The Morgan fingerprint density at radius 3 is 2.05 bits per heavy atom. The fourth-order valence-corrected chi connectivity index (χ4v) is 2.68. The Kier molecular flexibility index (Phi) is 4.88. The number of methoxy groups -OCH3 is 2. The van der Waals surface area contributed by atoms with E-state index in [4.69, 9.17) is 0 Å². The molecule has 0 saturated heterocycles. The van der Waals surface area contributed by atoms with Gasteiger partial charge in [0.1, 0.15) is 5.92 Å². The van der Waals surface area contributed by atoms with E-state index in [1.165, 1.54) is 7.11 Å². The van der Waals surface area contributed by atoms with E-state index in [0.29, 0.717) is 12.8 Å². The molecule has 0 N–H and O–H groups in total. The maximum absolute atomic E-state index is 12.0. The normalized spacial score (nSPS) is 17.1. The van der Waals surface area contributed by atoms with E-state index in [2.05, 4.69) is 9.47 Å². The molecule has 0 aromatic carbocycles. The lowest BCUT2D eigenvalue weighted by atomic mass is 9.70. The van der Waals surface area contributed by atoms with Crippen LogP contribution in [0.15, 0.2) is 0 Å². The highest BCUT2D eigenvalue weighted by molar-refractivity contribution is 5.90. The Bertz CT molecular complexity index is 427. The van der Waals surface area contributed by atoms with Crippen LogP contribution in [0.25, 0.3) is 0 Å². The van der Waals surface area contributed by atoms with Gasteiger partial charge in [-0.3, -0.25) is 4.79 Å². The minimum atomic E-state index is -2.13. The lowest BCUT2D eigenvalue weighted by molar-refractivity contribution is -0.161. The van der Waals surface area contributed by atoms with E-state index in [-0.39, 0.29) is 5.92 Å². The molecule has 1 unspecified atom stereocenters. The van der Waals surface area contributed by atoms with Crippen molar-refractivity contribution in [3.8, 4) is 12.1 Å². The molecule has 6 heteroatoms. The van der Waals surface area contributed by atoms with Crippen LogP contribution in [0.5, 0.6) is 0 Å². The molecule has 1 rings (SSSR count). The molecule has 1 saturated carbocycles. The molecule has 0 aromatic heterocycles. The third-order valence-electron chi connectivity index (χ3n) is 3.65. The van der Waals surface area contributed by atoms with Crippen LogP contribution in [0.2, 0.25) is 0 Å². The first kappa shape index (κ1) is 15.0. The van der Waals surface area contributed by atoms with Crippen LogP contribution >= 0.6 is 0 Å². The monoisotopic (exact) mass is 264 g/mol. The topological polar surface area (TPSA) is 100 Å². The van der Waals surface area contributed by atoms with Gasteiger partial charge >= 0.3 is 11.9 Å². The summed E-state index contributed by atoms with van der Waals surface area (Å²) in [6.07, 6.45) is 3.21. The van der Waals surface area contributed by atoms with Crippen LogP contribution in [-0.2, 0) is 19.1 Å². The SMILES string of the molecule is COC(=O)C(C1CCCC1)C(C#N)(C#N)C(=O)OC. The Hall–Kier alpha value is -2.08. The van der Waals surface area contributed by atoms with Gasteiger partial charge in [-0.25, -0.2) is 4.79 Å². The van der Waals surface area contributed by atoms with Gasteiger partial charge in [0.05, 0.1) is 26.4 Å². The average Bonchev–Trinajstić information content (AvgIpc) is 2.96. The number of carbonyl (C=O) groups is 2. The largest absolute Gasteiger partial charge is 0.469 e. The lowest BCUT2D eigenvalue weighted by Gasteiger charge is -2.29. The van der Waals surface area contributed by atoms with Gasteiger partial charge in [0.25, 0.3) is 5.41 Å². The number of hydrogen-bond acceptors (Lipinski definition) is 6. The zero-order chi connectivity index (χ0) is 14.5. The molecule has 0 aliphatic heterocycles. The number of rotatable bonds is 4. The van der Waals surface area contributed by atoms with Crippen molar-refractivity contribution in [1.82, 2.24) is 0 Å². The van der Waals surface area contributed by atoms with Crippen LogP contribution < -0.4 is 0 Å². The van der Waals surface area contributed by atoms with Crippen molar-refractivity contribution < 1.29 is 19.1 Å². The summed E-state index contributed by atoms with van der Waals surface area (Å²) < 4.78 is 9.22. The van der Waals surface area contributed by atoms with E-state index < -0.39 is 23.3 Å². The molecule has 0 bridgehead atoms. The summed E-state index contributed by atoms with van der Waals surface area (Å²) >= 11 is 0. The van der Waals surface area contributed by atoms with Gasteiger partial charge < -0.3 is 9.47 Å².